The van der Waals surface area contributed by atoms with E-state index in [0.29, 0.717) is 12.8 Å². The number of nitrogens with zero attached hydrogens (tertiary/aromatic N) is 1. The van der Waals surface area contributed by atoms with Gasteiger partial charge in [-0.1, -0.05) is 39.0 Å². The predicted octanol–water partition coefficient (Wildman–Crippen LogP) is 1.94. The number of hydrogen-bond acceptors (Lipinski definition) is 3. The fourth-order valence-corrected chi connectivity index (χ4v) is 3.23. The monoisotopic (exact) mass is 309 g/mol. The summed E-state index contributed by atoms with van der Waals surface area (Å²) in [7, 11) is 0. The molecule has 1 spiro atoms. The molecule has 0 aromatic heterocycles. The summed E-state index contributed by atoms with van der Waals surface area (Å²) >= 11 is 0. The van der Waals surface area contributed by atoms with Crippen molar-refractivity contribution >= 4 is 17.8 Å². The van der Waals surface area contributed by atoms with Crippen LogP contribution in [0.15, 0.2) is 0 Å². The first-order chi connectivity index (χ1) is 10.5. The van der Waals surface area contributed by atoms with Crippen LogP contribution in [0.5, 0.6) is 0 Å². The lowest BCUT2D eigenvalue weighted by molar-refractivity contribution is -0.135. The van der Waals surface area contributed by atoms with Gasteiger partial charge in [-0.05, 0) is 26.2 Å². The van der Waals surface area contributed by atoms with Gasteiger partial charge in [-0.3, -0.25) is 14.5 Å². The Hall–Kier alpha value is -1.59. The van der Waals surface area contributed by atoms with Crippen LogP contribution in [0, 0.1) is 0 Å². The maximum Gasteiger partial charge on any atom is 0.325 e. The molecule has 0 unspecified atom stereocenters. The van der Waals surface area contributed by atoms with E-state index in [-0.39, 0.29) is 24.4 Å². The number of carbonyl (C=O) groups excluding carboxylic acids is 3. The molecule has 2 fully saturated rings. The Balaban J connectivity index is 2.02. The second-order valence-electron chi connectivity index (χ2n) is 6.55. The number of rotatable bonds is 4. The normalized spacial score (nSPS) is 22.9. The summed E-state index contributed by atoms with van der Waals surface area (Å²) in [6.07, 6.45) is 7.45. The molecule has 6 heteroatoms. The average molecular weight is 309 g/mol. The Labute approximate surface area is 132 Å². The average Bonchev–Trinajstić information content (AvgIpc) is 2.68. The third-order valence-electron chi connectivity index (χ3n) is 4.77. The molecule has 1 atom stereocenters. The number of nitrogens with one attached hydrogen (secondary N) is 2. The van der Waals surface area contributed by atoms with Crippen LogP contribution in [0.25, 0.3) is 0 Å². The highest BCUT2D eigenvalue weighted by Gasteiger charge is 2.50. The highest BCUT2D eigenvalue weighted by Crippen LogP contribution is 2.31. The fourth-order valence-electron chi connectivity index (χ4n) is 3.23. The van der Waals surface area contributed by atoms with Crippen LogP contribution in [0.4, 0.5) is 4.79 Å². The van der Waals surface area contributed by atoms with E-state index < -0.39 is 11.6 Å². The minimum Gasteiger partial charge on any atom is -0.352 e. The van der Waals surface area contributed by atoms with Crippen molar-refractivity contribution < 1.29 is 14.4 Å². The molecule has 2 N–H and O–H groups in total. The Morgan fingerprint density at radius 1 is 1.23 bits per heavy atom. The first-order valence-corrected chi connectivity index (χ1v) is 8.42. The summed E-state index contributed by atoms with van der Waals surface area (Å²) in [5.41, 5.74) is -0.770. The van der Waals surface area contributed by atoms with Gasteiger partial charge in [0.2, 0.25) is 5.91 Å². The van der Waals surface area contributed by atoms with Crippen molar-refractivity contribution in [2.75, 3.05) is 6.54 Å². The Bertz CT molecular complexity index is 442. The van der Waals surface area contributed by atoms with Gasteiger partial charge in [-0.15, -0.1) is 0 Å². The maximum atomic E-state index is 12.7. The van der Waals surface area contributed by atoms with Gasteiger partial charge in [-0.2, -0.15) is 0 Å². The SMILES string of the molecule is CC[C@H](C)NC(=O)CN1C(=O)NC2(CCCCCCC2)C1=O. The van der Waals surface area contributed by atoms with Gasteiger partial charge < -0.3 is 10.6 Å². The van der Waals surface area contributed by atoms with Crippen LogP contribution in [0.2, 0.25) is 0 Å². The van der Waals surface area contributed by atoms with Crippen LogP contribution < -0.4 is 10.6 Å². The summed E-state index contributed by atoms with van der Waals surface area (Å²) in [5, 5.41) is 5.67. The minimum atomic E-state index is -0.770. The summed E-state index contributed by atoms with van der Waals surface area (Å²) in [6, 6.07) is -0.381. The predicted molar refractivity (Wildman–Crippen MR) is 83.2 cm³/mol. The first kappa shape index (κ1) is 16.8. The molecule has 0 radical (unpaired) electrons. The van der Waals surface area contributed by atoms with Crippen molar-refractivity contribution in [1.29, 1.82) is 0 Å². The van der Waals surface area contributed by atoms with Gasteiger partial charge in [0.25, 0.3) is 5.91 Å². The van der Waals surface area contributed by atoms with Crippen LogP contribution in [0.3, 0.4) is 0 Å². The molecule has 6 nitrogen and oxygen atoms in total. The van der Waals surface area contributed by atoms with Crippen molar-refractivity contribution in [3.05, 3.63) is 0 Å². The second kappa shape index (κ2) is 7.11. The summed E-state index contributed by atoms with van der Waals surface area (Å²) < 4.78 is 0. The van der Waals surface area contributed by atoms with Crippen molar-refractivity contribution in [1.82, 2.24) is 15.5 Å². The summed E-state index contributed by atoms with van der Waals surface area (Å²) in [4.78, 5) is 37.9. The fraction of sp³-hybridized carbons (Fsp3) is 0.812. The van der Waals surface area contributed by atoms with E-state index in [9.17, 15) is 14.4 Å². The van der Waals surface area contributed by atoms with Gasteiger partial charge >= 0.3 is 6.03 Å². The molecule has 1 aliphatic heterocycles. The van der Waals surface area contributed by atoms with Gasteiger partial charge in [0.15, 0.2) is 0 Å². The zero-order valence-corrected chi connectivity index (χ0v) is 13.6. The third kappa shape index (κ3) is 3.59. The number of urea groups is 1. The minimum absolute atomic E-state index is 0.0450. The van der Waals surface area contributed by atoms with Gasteiger partial charge in [0, 0.05) is 6.04 Å². The molecule has 4 amide bonds. The Morgan fingerprint density at radius 2 is 1.82 bits per heavy atom. The number of hydrogen-bond donors (Lipinski definition) is 2. The standard InChI is InChI=1S/C16H27N3O3/c1-3-12(2)17-13(20)11-19-14(21)16(18-15(19)22)9-7-5-4-6-8-10-16/h12H,3-11H2,1-2H3,(H,17,20)(H,18,22)/t12-/m0/s1. The van der Waals surface area contributed by atoms with Crippen LogP contribution in [-0.4, -0.2) is 40.9 Å². The van der Waals surface area contributed by atoms with Gasteiger partial charge in [-0.25, -0.2) is 4.79 Å². The zero-order chi connectivity index (χ0) is 16.2. The van der Waals surface area contributed by atoms with E-state index in [1.807, 2.05) is 13.8 Å². The lowest BCUT2D eigenvalue weighted by atomic mass is 9.84. The summed E-state index contributed by atoms with van der Waals surface area (Å²) in [6.45, 7) is 3.69. The molecule has 2 aliphatic rings. The molecule has 124 valence electrons. The van der Waals surface area contributed by atoms with E-state index in [1.165, 1.54) is 6.42 Å². The van der Waals surface area contributed by atoms with Crippen molar-refractivity contribution in [2.24, 2.45) is 0 Å². The van der Waals surface area contributed by atoms with Crippen molar-refractivity contribution in [2.45, 2.75) is 76.8 Å². The smallest absolute Gasteiger partial charge is 0.325 e. The number of amides is 4. The first-order valence-electron chi connectivity index (χ1n) is 8.42. The quantitative estimate of drug-likeness (QED) is 0.779. The van der Waals surface area contributed by atoms with Crippen LogP contribution >= 0.6 is 0 Å². The largest absolute Gasteiger partial charge is 0.352 e. The molecule has 0 bridgehead atoms. The van der Waals surface area contributed by atoms with Crippen molar-refractivity contribution in [3.63, 3.8) is 0 Å². The molecule has 22 heavy (non-hydrogen) atoms. The lowest BCUT2D eigenvalue weighted by Gasteiger charge is -2.28. The summed E-state index contributed by atoms with van der Waals surface area (Å²) in [5.74, 6) is -0.501. The molecular weight excluding hydrogens is 282 g/mol. The molecular formula is C16H27N3O3. The Morgan fingerprint density at radius 3 is 2.41 bits per heavy atom. The molecule has 1 aliphatic carbocycles. The zero-order valence-electron chi connectivity index (χ0n) is 13.6. The van der Waals surface area contributed by atoms with E-state index in [0.717, 1.165) is 37.0 Å². The molecule has 0 aromatic rings. The van der Waals surface area contributed by atoms with E-state index in [1.54, 1.807) is 0 Å². The lowest BCUT2D eigenvalue weighted by Crippen LogP contribution is -2.48. The Kier molecular flexibility index (Phi) is 5.42. The van der Waals surface area contributed by atoms with E-state index in [4.69, 9.17) is 0 Å². The maximum absolute atomic E-state index is 12.7. The highest BCUT2D eigenvalue weighted by atomic mass is 16.2. The third-order valence-corrected chi connectivity index (χ3v) is 4.77. The molecule has 2 rings (SSSR count). The molecule has 1 heterocycles. The van der Waals surface area contributed by atoms with E-state index >= 15 is 0 Å². The molecule has 1 saturated carbocycles. The van der Waals surface area contributed by atoms with Crippen molar-refractivity contribution in [3.8, 4) is 0 Å². The molecule has 0 aromatic carbocycles. The van der Waals surface area contributed by atoms with E-state index in [2.05, 4.69) is 10.6 Å². The highest BCUT2D eigenvalue weighted by molar-refractivity contribution is 6.09. The van der Waals surface area contributed by atoms with Crippen LogP contribution in [0.1, 0.15) is 65.2 Å². The number of imide groups is 1. The van der Waals surface area contributed by atoms with Gasteiger partial charge in [0.1, 0.15) is 12.1 Å². The topological polar surface area (TPSA) is 78.5 Å². The van der Waals surface area contributed by atoms with Gasteiger partial charge in [0.05, 0.1) is 0 Å². The second-order valence-corrected chi connectivity index (χ2v) is 6.55. The molecule has 1 saturated heterocycles. The number of carbonyl (C=O) groups is 3. The van der Waals surface area contributed by atoms with Crippen LogP contribution in [-0.2, 0) is 9.59 Å².